The van der Waals surface area contributed by atoms with Crippen LogP contribution >= 0.6 is 12.4 Å². The Morgan fingerprint density at radius 1 is 1.13 bits per heavy atom. The van der Waals surface area contributed by atoms with Crippen LogP contribution in [-0.2, 0) is 4.79 Å². The molecule has 5 heteroatoms. The van der Waals surface area contributed by atoms with Crippen LogP contribution in [0.4, 0.5) is 0 Å². The second-order valence-corrected chi connectivity index (χ2v) is 7.42. The van der Waals surface area contributed by atoms with Crippen LogP contribution < -0.4 is 5.73 Å². The van der Waals surface area contributed by atoms with Crippen LogP contribution in [0.5, 0.6) is 0 Å². The Morgan fingerprint density at radius 3 is 2.39 bits per heavy atom. The summed E-state index contributed by atoms with van der Waals surface area (Å²) < 4.78 is 0. The molecule has 136 valence electrons. The molecule has 2 N–H and O–H groups in total. The highest BCUT2D eigenvalue weighted by Crippen LogP contribution is 2.21. The molecule has 0 saturated carbocycles. The summed E-state index contributed by atoms with van der Waals surface area (Å²) in [6.45, 7) is 9.67. The Labute approximate surface area is 148 Å². The number of amides is 1. The number of carbonyl (C=O) groups excluding carboxylic acids is 1. The highest BCUT2D eigenvalue weighted by Gasteiger charge is 2.30. The van der Waals surface area contributed by atoms with Crippen LogP contribution in [-0.4, -0.2) is 54.5 Å². The lowest BCUT2D eigenvalue weighted by atomic mass is 9.94. The maximum absolute atomic E-state index is 12.6. The second kappa shape index (κ2) is 10.5. The molecule has 2 aliphatic heterocycles. The third kappa shape index (κ3) is 6.24. The maximum atomic E-state index is 12.6. The number of nitrogens with two attached hydrogens (primary N) is 1. The van der Waals surface area contributed by atoms with Crippen molar-refractivity contribution in [3.05, 3.63) is 0 Å². The van der Waals surface area contributed by atoms with Crippen LogP contribution in [0.25, 0.3) is 0 Å². The van der Waals surface area contributed by atoms with Gasteiger partial charge < -0.3 is 15.5 Å². The van der Waals surface area contributed by atoms with Gasteiger partial charge in [0.1, 0.15) is 0 Å². The van der Waals surface area contributed by atoms with Gasteiger partial charge in [0.15, 0.2) is 0 Å². The van der Waals surface area contributed by atoms with Crippen molar-refractivity contribution in [1.29, 1.82) is 0 Å². The molecule has 2 heterocycles. The summed E-state index contributed by atoms with van der Waals surface area (Å²) in [6.07, 6.45) is 8.82. The minimum absolute atomic E-state index is 0. The molecule has 23 heavy (non-hydrogen) atoms. The molecule has 4 nitrogen and oxygen atoms in total. The van der Waals surface area contributed by atoms with Gasteiger partial charge in [0.2, 0.25) is 5.91 Å². The predicted molar refractivity (Wildman–Crippen MR) is 98.9 cm³/mol. The van der Waals surface area contributed by atoms with Gasteiger partial charge in [-0.3, -0.25) is 4.79 Å². The van der Waals surface area contributed by atoms with E-state index in [1.807, 2.05) is 4.90 Å². The lowest BCUT2D eigenvalue weighted by Gasteiger charge is -2.37. The van der Waals surface area contributed by atoms with Gasteiger partial charge in [0, 0.05) is 19.6 Å². The van der Waals surface area contributed by atoms with E-state index in [-0.39, 0.29) is 30.3 Å². The monoisotopic (exact) mass is 345 g/mol. The predicted octanol–water partition coefficient (Wildman–Crippen LogP) is 2.90. The van der Waals surface area contributed by atoms with Crippen molar-refractivity contribution in [2.75, 3.05) is 32.7 Å². The van der Waals surface area contributed by atoms with E-state index in [0.717, 1.165) is 25.9 Å². The Bertz CT molecular complexity index is 345. The average Bonchev–Trinajstić information content (AvgIpc) is 2.81. The van der Waals surface area contributed by atoms with Gasteiger partial charge >= 0.3 is 0 Å². The van der Waals surface area contributed by atoms with E-state index in [4.69, 9.17) is 5.73 Å². The lowest BCUT2D eigenvalue weighted by molar-refractivity contribution is -0.135. The van der Waals surface area contributed by atoms with E-state index < -0.39 is 0 Å². The Balaban J connectivity index is 0.00000264. The first kappa shape index (κ1) is 20.7. The zero-order valence-corrected chi connectivity index (χ0v) is 15.8. The largest absolute Gasteiger partial charge is 0.341 e. The summed E-state index contributed by atoms with van der Waals surface area (Å²) in [6, 6.07) is -0.318. The molecule has 0 radical (unpaired) electrons. The normalized spacial score (nSPS) is 26.0. The number of rotatable bonds is 5. The SMILES string of the molecule is CCC(C)C(N)C(=O)N1CCCC(CN2CCCCCC2)C1.Cl. The molecular weight excluding hydrogens is 310 g/mol. The molecule has 2 aliphatic rings. The van der Waals surface area contributed by atoms with Crippen LogP contribution in [0.1, 0.15) is 58.8 Å². The van der Waals surface area contributed by atoms with Crippen molar-refractivity contribution in [1.82, 2.24) is 9.80 Å². The van der Waals surface area contributed by atoms with Crippen molar-refractivity contribution in [2.24, 2.45) is 17.6 Å². The fourth-order valence-corrected chi connectivity index (χ4v) is 3.81. The zero-order chi connectivity index (χ0) is 15.9. The molecule has 0 aromatic heterocycles. The number of piperidine rings is 1. The van der Waals surface area contributed by atoms with Gasteiger partial charge in [-0.2, -0.15) is 0 Å². The third-order valence-electron chi connectivity index (χ3n) is 5.59. The van der Waals surface area contributed by atoms with Gasteiger partial charge in [0.05, 0.1) is 6.04 Å². The Kier molecular flexibility index (Phi) is 9.48. The highest BCUT2D eigenvalue weighted by molar-refractivity contribution is 5.85. The molecule has 3 unspecified atom stereocenters. The fraction of sp³-hybridized carbons (Fsp3) is 0.944. The molecule has 0 aromatic carbocycles. The summed E-state index contributed by atoms with van der Waals surface area (Å²) in [7, 11) is 0. The quantitative estimate of drug-likeness (QED) is 0.833. The minimum Gasteiger partial charge on any atom is -0.341 e. The summed E-state index contributed by atoms with van der Waals surface area (Å²) in [5.74, 6) is 1.09. The molecular formula is C18H36ClN3O. The van der Waals surface area contributed by atoms with Crippen molar-refractivity contribution in [3.8, 4) is 0 Å². The molecule has 0 aromatic rings. The van der Waals surface area contributed by atoms with Crippen LogP contribution in [0.15, 0.2) is 0 Å². The lowest BCUT2D eigenvalue weighted by Crippen LogP contribution is -2.51. The second-order valence-electron chi connectivity index (χ2n) is 7.42. The fourth-order valence-electron chi connectivity index (χ4n) is 3.81. The number of halogens is 1. The van der Waals surface area contributed by atoms with Crippen LogP contribution in [0.3, 0.4) is 0 Å². The van der Waals surface area contributed by atoms with E-state index in [1.54, 1.807) is 0 Å². The summed E-state index contributed by atoms with van der Waals surface area (Å²) in [4.78, 5) is 17.2. The van der Waals surface area contributed by atoms with Crippen LogP contribution in [0, 0.1) is 11.8 Å². The Morgan fingerprint density at radius 2 is 1.78 bits per heavy atom. The number of likely N-dealkylation sites (tertiary alicyclic amines) is 2. The van der Waals surface area contributed by atoms with Gasteiger partial charge in [-0.1, -0.05) is 33.1 Å². The van der Waals surface area contributed by atoms with E-state index in [0.29, 0.717) is 5.92 Å². The average molecular weight is 346 g/mol. The van der Waals surface area contributed by atoms with E-state index in [2.05, 4.69) is 18.7 Å². The maximum Gasteiger partial charge on any atom is 0.239 e. The molecule has 3 atom stereocenters. The van der Waals surface area contributed by atoms with Gasteiger partial charge in [-0.15, -0.1) is 12.4 Å². The van der Waals surface area contributed by atoms with Crippen LogP contribution in [0.2, 0.25) is 0 Å². The number of hydrogen-bond donors (Lipinski definition) is 1. The first-order valence-electron chi connectivity index (χ1n) is 9.38. The molecule has 2 saturated heterocycles. The van der Waals surface area contributed by atoms with Crippen molar-refractivity contribution in [3.63, 3.8) is 0 Å². The molecule has 0 spiro atoms. The molecule has 1 amide bonds. The molecule has 0 aliphatic carbocycles. The summed E-state index contributed by atoms with van der Waals surface area (Å²) in [5, 5.41) is 0. The van der Waals surface area contributed by atoms with Gasteiger partial charge in [-0.05, 0) is 50.6 Å². The van der Waals surface area contributed by atoms with Gasteiger partial charge in [-0.25, -0.2) is 0 Å². The molecule has 2 rings (SSSR count). The van der Waals surface area contributed by atoms with E-state index >= 15 is 0 Å². The van der Waals surface area contributed by atoms with E-state index in [9.17, 15) is 4.79 Å². The first-order valence-corrected chi connectivity index (χ1v) is 9.38. The first-order chi connectivity index (χ1) is 10.6. The van der Waals surface area contributed by atoms with Gasteiger partial charge in [0.25, 0.3) is 0 Å². The zero-order valence-electron chi connectivity index (χ0n) is 15.0. The minimum atomic E-state index is -0.318. The summed E-state index contributed by atoms with van der Waals surface area (Å²) in [5.41, 5.74) is 6.15. The molecule has 2 fully saturated rings. The number of hydrogen-bond acceptors (Lipinski definition) is 3. The van der Waals surface area contributed by atoms with Crippen molar-refractivity contribution in [2.45, 2.75) is 64.8 Å². The Hall–Kier alpha value is -0.320. The topological polar surface area (TPSA) is 49.6 Å². The smallest absolute Gasteiger partial charge is 0.239 e. The standard InChI is InChI=1S/C18H35N3O.ClH/c1-3-15(2)17(19)18(22)21-12-8-9-16(14-21)13-20-10-6-4-5-7-11-20;/h15-17H,3-14,19H2,1-2H3;1H. The summed E-state index contributed by atoms with van der Waals surface area (Å²) >= 11 is 0. The third-order valence-corrected chi connectivity index (χ3v) is 5.59. The number of nitrogens with zero attached hydrogens (tertiary/aromatic N) is 2. The van der Waals surface area contributed by atoms with Crippen molar-refractivity contribution < 1.29 is 4.79 Å². The van der Waals surface area contributed by atoms with Crippen molar-refractivity contribution >= 4 is 18.3 Å². The highest BCUT2D eigenvalue weighted by atomic mass is 35.5. The van der Waals surface area contributed by atoms with E-state index in [1.165, 1.54) is 51.7 Å². The molecule has 0 bridgehead atoms. The number of carbonyl (C=O) groups is 1.